The van der Waals surface area contributed by atoms with Crippen molar-refractivity contribution >= 4 is 15.9 Å². The van der Waals surface area contributed by atoms with Gasteiger partial charge in [0.2, 0.25) is 0 Å². The van der Waals surface area contributed by atoms with Crippen molar-refractivity contribution in [2.24, 2.45) is 0 Å². The summed E-state index contributed by atoms with van der Waals surface area (Å²) in [4.78, 5) is 2.46. The molecule has 1 saturated carbocycles. The number of likely N-dealkylation sites (N-methyl/N-ethyl adjacent to an activating group) is 1. The van der Waals surface area contributed by atoms with Crippen LogP contribution in [0.4, 0.5) is 0 Å². The lowest BCUT2D eigenvalue weighted by Crippen LogP contribution is -2.39. The summed E-state index contributed by atoms with van der Waals surface area (Å²) in [6.07, 6.45) is 2.76. The Morgan fingerprint density at radius 3 is 2.77 bits per heavy atom. The lowest BCUT2D eigenvalue weighted by Gasteiger charge is -2.24. The predicted molar refractivity (Wildman–Crippen MR) is 61.2 cm³/mol. The highest BCUT2D eigenvalue weighted by molar-refractivity contribution is 9.11. The number of nitrogens with zero attached hydrogens (tertiary/aromatic N) is 1. The topological polar surface area (TPSA) is 15.3 Å². The van der Waals surface area contributed by atoms with Crippen LogP contribution < -0.4 is 5.32 Å². The Hall–Kier alpha value is 0.140. The SMILES string of the molecule is C=C(Br)CNCC(C)N(C)C1CC1. The number of halogens is 1. The first-order chi connectivity index (χ1) is 6.11. The van der Waals surface area contributed by atoms with Gasteiger partial charge in [0.1, 0.15) is 0 Å². The van der Waals surface area contributed by atoms with Gasteiger partial charge in [-0.2, -0.15) is 0 Å². The van der Waals surface area contributed by atoms with Crippen LogP contribution in [0.15, 0.2) is 11.1 Å². The Kier molecular flexibility index (Phi) is 4.42. The summed E-state index contributed by atoms with van der Waals surface area (Å²) < 4.78 is 1.02. The molecule has 0 heterocycles. The van der Waals surface area contributed by atoms with Gasteiger partial charge in [0, 0.05) is 29.7 Å². The van der Waals surface area contributed by atoms with Crippen molar-refractivity contribution in [1.82, 2.24) is 10.2 Å². The molecule has 1 aliphatic rings. The largest absolute Gasteiger partial charge is 0.311 e. The highest BCUT2D eigenvalue weighted by atomic mass is 79.9. The zero-order valence-corrected chi connectivity index (χ0v) is 10.1. The van der Waals surface area contributed by atoms with Gasteiger partial charge >= 0.3 is 0 Å². The van der Waals surface area contributed by atoms with Crippen LogP contribution in [0, 0.1) is 0 Å². The second-order valence-electron chi connectivity index (χ2n) is 3.89. The highest BCUT2D eigenvalue weighted by Crippen LogP contribution is 2.26. The van der Waals surface area contributed by atoms with Crippen LogP contribution in [0.3, 0.4) is 0 Å². The molecular formula is C10H19BrN2. The van der Waals surface area contributed by atoms with Crippen LogP contribution in [0.2, 0.25) is 0 Å². The maximum atomic E-state index is 3.78. The van der Waals surface area contributed by atoms with Crippen molar-refractivity contribution in [2.75, 3.05) is 20.1 Å². The van der Waals surface area contributed by atoms with E-state index in [1.165, 1.54) is 12.8 Å². The smallest absolute Gasteiger partial charge is 0.0266 e. The van der Waals surface area contributed by atoms with Crippen molar-refractivity contribution < 1.29 is 0 Å². The molecule has 1 atom stereocenters. The molecule has 0 bridgehead atoms. The zero-order chi connectivity index (χ0) is 9.84. The first-order valence-electron chi connectivity index (χ1n) is 4.87. The van der Waals surface area contributed by atoms with Gasteiger partial charge in [-0.05, 0) is 26.8 Å². The Morgan fingerprint density at radius 2 is 2.31 bits per heavy atom. The summed E-state index contributed by atoms with van der Waals surface area (Å²) in [5.41, 5.74) is 0. The first kappa shape index (κ1) is 11.2. The Labute approximate surface area is 89.5 Å². The minimum absolute atomic E-state index is 0.624. The van der Waals surface area contributed by atoms with Gasteiger partial charge < -0.3 is 5.32 Å². The van der Waals surface area contributed by atoms with Crippen LogP contribution in [0.1, 0.15) is 19.8 Å². The van der Waals surface area contributed by atoms with Crippen molar-refractivity contribution in [2.45, 2.75) is 31.8 Å². The summed E-state index contributed by atoms with van der Waals surface area (Å²) >= 11 is 3.33. The van der Waals surface area contributed by atoms with E-state index in [4.69, 9.17) is 0 Å². The molecule has 1 aliphatic carbocycles. The summed E-state index contributed by atoms with van der Waals surface area (Å²) in [5.74, 6) is 0. The van der Waals surface area contributed by atoms with E-state index in [0.29, 0.717) is 6.04 Å². The molecule has 1 fully saturated rings. The molecule has 76 valence electrons. The van der Waals surface area contributed by atoms with E-state index in [9.17, 15) is 0 Å². The molecule has 13 heavy (non-hydrogen) atoms. The standard InChI is InChI=1S/C10H19BrN2/c1-8(11)6-12-7-9(2)13(3)10-4-5-10/h9-10,12H,1,4-7H2,2-3H3. The molecule has 1 rings (SSSR count). The monoisotopic (exact) mass is 246 g/mol. The van der Waals surface area contributed by atoms with Gasteiger partial charge in [-0.1, -0.05) is 22.5 Å². The average Bonchev–Trinajstić information content (AvgIpc) is 2.84. The average molecular weight is 247 g/mol. The lowest BCUT2D eigenvalue weighted by molar-refractivity contribution is 0.243. The van der Waals surface area contributed by atoms with Crippen molar-refractivity contribution in [3.8, 4) is 0 Å². The van der Waals surface area contributed by atoms with Crippen LogP contribution in [0.25, 0.3) is 0 Å². The third kappa shape index (κ3) is 4.25. The molecule has 2 nitrogen and oxygen atoms in total. The van der Waals surface area contributed by atoms with E-state index in [1.54, 1.807) is 0 Å². The minimum Gasteiger partial charge on any atom is -0.311 e. The molecule has 1 unspecified atom stereocenters. The second kappa shape index (κ2) is 5.13. The first-order valence-corrected chi connectivity index (χ1v) is 5.66. The fraction of sp³-hybridized carbons (Fsp3) is 0.800. The van der Waals surface area contributed by atoms with Gasteiger partial charge in [0.15, 0.2) is 0 Å². The third-order valence-corrected chi connectivity index (χ3v) is 2.86. The van der Waals surface area contributed by atoms with Crippen LogP contribution >= 0.6 is 15.9 Å². The highest BCUT2D eigenvalue weighted by Gasteiger charge is 2.28. The summed E-state index contributed by atoms with van der Waals surface area (Å²) in [6.45, 7) is 7.95. The maximum Gasteiger partial charge on any atom is 0.0266 e. The quantitative estimate of drug-likeness (QED) is 0.772. The van der Waals surface area contributed by atoms with Gasteiger partial charge in [0.25, 0.3) is 0 Å². The molecule has 3 heteroatoms. The van der Waals surface area contributed by atoms with Crippen LogP contribution in [0.5, 0.6) is 0 Å². The van der Waals surface area contributed by atoms with E-state index < -0.39 is 0 Å². The molecule has 0 aromatic rings. The van der Waals surface area contributed by atoms with E-state index >= 15 is 0 Å². The second-order valence-corrected chi connectivity index (χ2v) is 5.02. The van der Waals surface area contributed by atoms with Crippen LogP contribution in [-0.4, -0.2) is 37.1 Å². The Balaban J connectivity index is 2.09. The molecule has 1 N–H and O–H groups in total. The molecule has 0 radical (unpaired) electrons. The van der Waals surface area contributed by atoms with Gasteiger partial charge in [-0.15, -0.1) is 0 Å². The number of hydrogen-bond donors (Lipinski definition) is 1. The maximum absolute atomic E-state index is 3.78. The number of hydrogen-bond acceptors (Lipinski definition) is 2. The minimum atomic E-state index is 0.624. The van der Waals surface area contributed by atoms with Crippen molar-refractivity contribution in [3.05, 3.63) is 11.1 Å². The lowest BCUT2D eigenvalue weighted by atomic mass is 10.3. The fourth-order valence-electron chi connectivity index (χ4n) is 1.40. The van der Waals surface area contributed by atoms with Crippen LogP contribution in [-0.2, 0) is 0 Å². The van der Waals surface area contributed by atoms with E-state index in [0.717, 1.165) is 23.6 Å². The fourth-order valence-corrected chi connectivity index (χ4v) is 1.60. The third-order valence-electron chi connectivity index (χ3n) is 2.57. The Morgan fingerprint density at radius 1 is 1.69 bits per heavy atom. The predicted octanol–water partition coefficient (Wildman–Crippen LogP) is 1.97. The van der Waals surface area contributed by atoms with Gasteiger partial charge in [-0.25, -0.2) is 0 Å². The normalized spacial score (nSPS) is 19.1. The van der Waals surface area contributed by atoms with Crippen molar-refractivity contribution in [1.29, 1.82) is 0 Å². The van der Waals surface area contributed by atoms with E-state index in [-0.39, 0.29) is 0 Å². The van der Waals surface area contributed by atoms with E-state index in [1.807, 2.05) is 0 Å². The summed E-state index contributed by atoms with van der Waals surface area (Å²) in [5, 5.41) is 3.36. The number of rotatable bonds is 6. The number of nitrogens with one attached hydrogen (secondary N) is 1. The molecule has 0 aromatic carbocycles. The zero-order valence-electron chi connectivity index (χ0n) is 8.52. The molecular weight excluding hydrogens is 228 g/mol. The van der Waals surface area contributed by atoms with Crippen molar-refractivity contribution in [3.63, 3.8) is 0 Å². The Bertz CT molecular complexity index is 178. The summed E-state index contributed by atoms with van der Waals surface area (Å²) in [7, 11) is 2.22. The molecule has 0 spiro atoms. The molecule has 0 aromatic heterocycles. The van der Waals surface area contributed by atoms with E-state index in [2.05, 4.69) is 46.7 Å². The molecule has 0 saturated heterocycles. The van der Waals surface area contributed by atoms with Gasteiger partial charge in [0.05, 0.1) is 0 Å². The summed E-state index contributed by atoms with van der Waals surface area (Å²) in [6, 6.07) is 1.48. The van der Waals surface area contributed by atoms with Gasteiger partial charge in [-0.3, -0.25) is 4.90 Å². The molecule has 0 amide bonds. The molecule has 0 aliphatic heterocycles.